The van der Waals surface area contributed by atoms with Gasteiger partial charge in [0.15, 0.2) is 0 Å². The number of nitrogens with one attached hydrogen (secondary N) is 2. The Kier molecular flexibility index (Phi) is 9.29. The molecular formula is C28H36N2O5. The molecule has 7 nitrogen and oxygen atoms in total. The Labute approximate surface area is 207 Å². The van der Waals surface area contributed by atoms with Crippen LogP contribution in [0.2, 0.25) is 0 Å². The number of hydrogen-bond donors (Lipinski definition) is 3. The molecule has 2 amide bonds. The summed E-state index contributed by atoms with van der Waals surface area (Å²) >= 11 is 0. The molecular weight excluding hydrogens is 444 g/mol. The number of carbonyl (C=O) groups excluding carboxylic acids is 2. The highest BCUT2D eigenvalue weighted by Gasteiger charge is 2.31. The summed E-state index contributed by atoms with van der Waals surface area (Å²) in [4.78, 5) is 37.1. The number of aliphatic carboxylic acids is 1. The third-order valence-electron chi connectivity index (χ3n) is 6.79. The molecule has 3 rings (SSSR count). The quantitative estimate of drug-likeness (QED) is 0.392. The molecule has 188 valence electrons. The first-order valence-electron chi connectivity index (χ1n) is 12.5. The number of carboxylic acid groups (broad SMARTS) is 1. The van der Waals surface area contributed by atoms with Gasteiger partial charge in [-0.15, -0.1) is 0 Å². The molecule has 2 aromatic carbocycles. The number of ether oxygens (including phenoxy) is 1. The lowest BCUT2D eigenvalue weighted by Crippen LogP contribution is -2.53. The molecule has 3 N–H and O–H groups in total. The molecule has 0 heterocycles. The van der Waals surface area contributed by atoms with Gasteiger partial charge >= 0.3 is 12.1 Å². The molecule has 7 heteroatoms. The molecule has 0 bridgehead atoms. The molecule has 0 spiro atoms. The fourth-order valence-corrected chi connectivity index (χ4v) is 4.65. The summed E-state index contributed by atoms with van der Waals surface area (Å²) in [7, 11) is 0. The van der Waals surface area contributed by atoms with Crippen molar-refractivity contribution in [1.82, 2.24) is 10.6 Å². The van der Waals surface area contributed by atoms with Crippen molar-refractivity contribution in [3.8, 4) is 11.1 Å². The highest BCUT2D eigenvalue weighted by molar-refractivity contribution is 5.86. The van der Waals surface area contributed by atoms with Crippen LogP contribution in [-0.2, 0) is 14.3 Å². The van der Waals surface area contributed by atoms with Gasteiger partial charge in [0, 0.05) is 12.0 Å². The minimum absolute atomic E-state index is 0.0713. The van der Waals surface area contributed by atoms with E-state index in [4.69, 9.17) is 4.74 Å². The molecule has 0 unspecified atom stereocenters. The van der Waals surface area contributed by atoms with Gasteiger partial charge in [-0.25, -0.2) is 4.79 Å². The number of alkyl carbamates (subject to hydrolysis) is 1. The van der Waals surface area contributed by atoms with Crippen LogP contribution in [0.3, 0.4) is 0 Å². The van der Waals surface area contributed by atoms with Gasteiger partial charge in [0.25, 0.3) is 0 Å². The number of benzene rings is 2. The Morgan fingerprint density at radius 2 is 1.57 bits per heavy atom. The second-order valence-electron chi connectivity index (χ2n) is 9.28. The second-order valence-corrected chi connectivity index (χ2v) is 9.28. The SMILES string of the molecule is CCCC[C@H](CC(=O)O)NC(=O)[C@@H](NC(=O)OCC1c2ccccc2-c2ccccc21)[C@@H](C)CC. The Morgan fingerprint density at radius 3 is 2.11 bits per heavy atom. The first-order valence-corrected chi connectivity index (χ1v) is 12.5. The van der Waals surface area contributed by atoms with Crippen molar-refractivity contribution in [2.75, 3.05) is 6.61 Å². The fourth-order valence-electron chi connectivity index (χ4n) is 4.65. The minimum Gasteiger partial charge on any atom is -0.481 e. The lowest BCUT2D eigenvalue weighted by Gasteiger charge is -2.26. The largest absolute Gasteiger partial charge is 0.481 e. The number of amides is 2. The zero-order chi connectivity index (χ0) is 25.4. The molecule has 3 atom stereocenters. The predicted octanol–water partition coefficient (Wildman–Crippen LogP) is 5.09. The van der Waals surface area contributed by atoms with E-state index in [0.717, 1.165) is 35.1 Å². The molecule has 0 aromatic heterocycles. The zero-order valence-corrected chi connectivity index (χ0v) is 20.8. The first kappa shape index (κ1) is 26.3. The molecule has 2 aromatic rings. The Morgan fingerprint density at radius 1 is 0.971 bits per heavy atom. The smallest absolute Gasteiger partial charge is 0.407 e. The predicted molar refractivity (Wildman–Crippen MR) is 135 cm³/mol. The van der Waals surface area contributed by atoms with Crippen molar-refractivity contribution >= 4 is 18.0 Å². The first-order chi connectivity index (χ1) is 16.8. The minimum atomic E-state index is -0.962. The van der Waals surface area contributed by atoms with E-state index < -0.39 is 24.1 Å². The van der Waals surface area contributed by atoms with Gasteiger partial charge in [-0.05, 0) is 34.6 Å². The molecule has 1 aliphatic rings. The van der Waals surface area contributed by atoms with Crippen molar-refractivity contribution in [1.29, 1.82) is 0 Å². The van der Waals surface area contributed by atoms with Gasteiger partial charge in [0.1, 0.15) is 12.6 Å². The van der Waals surface area contributed by atoms with E-state index in [0.29, 0.717) is 12.8 Å². The molecule has 0 radical (unpaired) electrons. The van der Waals surface area contributed by atoms with Crippen LogP contribution in [0.15, 0.2) is 48.5 Å². The average Bonchev–Trinajstić information content (AvgIpc) is 3.17. The topological polar surface area (TPSA) is 105 Å². The lowest BCUT2D eigenvalue weighted by atomic mass is 9.97. The number of fused-ring (bicyclic) bond motifs is 3. The molecule has 35 heavy (non-hydrogen) atoms. The van der Waals surface area contributed by atoms with Gasteiger partial charge < -0.3 is 20.5 Å². The summed E-state index contributed by atoms with van der Waals surface area (Å²) in [5.41, 5.74) is 4.52. The van der Waals surface area contributed by atoms with Crippen LogP contribution in [0.1, 0.15) is 69.9 Å². The van der Waals surface area contributed by atoms with E-state index in [1.807, 2.05) is 45.0 Å². The third-order valence-corrected chi connectivity index (χ3v) is 6.79. The van der Waals surface area contributed by atoms with Crippen molar-refractivity contribution in [2.45, 2.75) is 70.9 Å². The molecule has 0 saturated heterocycles. The van der Waals surface area contributed by atoms with Crippen molar-refractivity contribution in [3.05, 3.63) is 59.7 Å². The fraction of sp³-hybridized carbons (Fsp3) is 0.464. The van der Waals surface area contributed by atoms with Crippen LogP contribution < -0.4 is 10.6 Å². The maximum Gasteiger partial charge on any atom is 0.407 e. The Balaban J connectivity index is 1.66. The summed E-state index contributed by atoms with van der Waals surface area (Å²) in [6.07, 6.45) is 2.15. The van der Waals surface area contributed by atoms with Crippen molar-refractivity contribution < 1.29 is 24.2 Å². The van der Waals surface area contributed by atoms with E-state index in [1.54, 1.807) is 0 Å². The second kappa shape index (κ2) is 12.4. The van der Waals surface area contributed by atoms with E-state index >= 15 is 0 Å². The number of unbranched alkanes of at least 4 members (excludes halogenated alkanes) is 1. The van der Waals surface area contributed by atoms with Gasteiger partial charge in [0.05, 0.1) is 6.42 Å². The zero-order valence-electron chi connectivity index (χ0n) is 20.8. The average molecular weight is 481 g/mol. The molecule has 0 saturated carbocycles. The van der Waals surface area contributed by atoms with E-state index in [2.05, 4.69) is 34.9 Å². The summed E-state index contributed by atoms with van der Waals surface area (Å²) in [6, 6.07) is 14.9. The standard InChI is InChI=1S/C28H36N2O5/c1-4-6-11-19(16-25(31)32)29-27(33)26(18(3)5-2)30-28(34)35-17-24-22-14-9-7-12-20(22)21-13-8-10-15-23(21)24/h7-10,12-15,18-19,24,26H,4-6,11,16-17H2,1-3H3,(H,29,33)(H,30,34)(H,31,32)/t18-,19+,26-/m0/s1. The third kappa shape index (κ3) is 6.62. The summed E-state index contributed by atoms with van der Waals surface area (Å²) < 4.78 is 5.63. The maximum atomic E-state index is 13.0. The monoisotopic (exact) mass is 480 g/mol. The van der Waals surface area contributed by atoms with Crippen LogP contribution in [0.5, 0.6) is 0 Å². The van der Waals surface area contributed by atoms with Gasteiger partial charge in [-0.2, -0.15) is 0 Å². The summed E-state index contributed by atoms with van der Waals surface area (Å²) in [5, 5.41) is 14.8. The van der Waals surface area contributed by atoms with Gasteiger partial charge in [-0.1, -0.05) is 88.6 Å². The highest BCUT2D eigenvalue weighted by atomic mass is 16.5. The normalized spacial score (nSPS) is 14.8. The summed E-state index contributed by atoms with van der Waals surface area (Å²) in [6.45, 7) is 6.00. The Bertz CT molecular complexity index is 992. The van der Waals surface area contributed by atoms with Gasteiger partial charge in [-0.3, -0.25) is 9.59 Å². The van der Waals surface area contributed by atoms with E-state index in [1.165, 1.54) is 0 Å². The molecule has 0 fully saturated rings. The van der Waals surface area contributed by atoms with Crippen LogP contribution in [0, 0.1) is 5.92 Å². The number of carboxylic acids is 1. The molecule has 0 aliphatic heterocycles. The number of carbonyl (C=O) groups is 3. The van der Waals surface area contributed by atoms with Crippen LogP contribution in [0.4, 0.5) is 4.79 Å². The van der Waals surface area contributed by atoms with Crippen LogP contribution in [-0.4, -0.2) is 41.8 Å². The summed E-state index contributed by atoms with van der Waals surface area (Å²) in [5.74, 6) is -1.56. The van der Waals surface area contributed by atoms with Crippen molar-refractivity contribution in [3.63, 3.8) is 0 Å². The maximum absolute atomic E-state index is 13.0. The van der Waals surface area contributed by atoms with Gasteiger partial charge in [0.2, 0.25) is 5.91 Å². The molecule has 1 aliphatic carbocycles. The highest BCUT2D eigenvalue weighted by Crippen LogP contribution is 2.44. The lowest BCUT2D eigenvalue weighted by molar-refractivity contribution is -0.137. The van der Waals surface area contributed by atoms with E-state index in [9.17, 15) is 19.5 Å². The van der Waals surface area contributed by atoms with Crippen LogP contribution in [0.25, 0.3) is 11.1 Å². The Hall–Kier alpha value is -3.35. The van der Waals surface area contributed by atoms with Crippen LogP contribution >= 0.6 is 0 Å². The van der Waals surface area contributed by atoms with E-state index in [-0.39, 0.29) is 30.8 Å². The number of rotatable bonds is 12. The number of hydrogen-bond acceptors (Lipinski definition) is 4. The van der Waals surface area contributed by atoms with Crippen molar-refractivity contribution in [2.24, 2.45) is 5.92 Å².